The zero-order chi connectivity index (χ0) is 14.6. The van der Waals surface area contributed by atoms with Gasteiger partial charge in [-0.15, -0.1) is 0 Å². The minimum atomic E-state index is 0.517. The van der Waals surface area contributed by atoms with Crippen LogP contribution >= 0.6 is 0 Å². The van der Waals surface area contributed by atoms with Crippen LogP contribution in [0.15, 0.2) is 18.5 Å². The molecule has 2 aliphatic rings. The molecule has 0 aliphatic carbocycles. The van der Waals surface area contributed by atoms with Gasteiger partial charge in [-0.05, 0) is 19.2 Å². The van der Waals surface area contributed by atoms with Gasteiger partial charge in [0.05, 0.1) is 23.7 Å². The summed E-state index contributed by atoms with van der Waals surface area (Å²) in [6.07, 6.45) is 1.51. The SMILES string of the molecule is COc1ccc2ncnc(N)c2c1N1CC2CN(C)CC21. The lowest BCUT2D eigenvalue weighted by atomic mass is 9.90. The van der Waals surface area contributed by atoms with Crippen LogP contribution in [0, 0.1) is 5.92 Å². The van der Waals surface area contributed by atoms with E-state index in [-0.39, 0.29) is 0 Å². The number of nitrogens with two attached hydrogens (primary N) is 1. The number of anilines is 2. The van der Waals surface area contributed by atoms with E-state index in [9.17, 15) is 0 Å². The number of hydrogen-bond donors (Lipinski definition) is 1. The molecule has 2 fully saturated rings. The summed E-state index contributed by atoms with van der Waals surface area (Å²) in [5.74, 6) is 2.10. The molecule has 2 N–H and O–H groups in total. The lowest BCUT2D eigenvalue weighted by Gasteiger charge is -2.46. The lowest BCUT2D eigenvalue weighted by Crippen LogP contribution is -2.56. The molecule has 3 heterocycles. The molecule has 4 rings (SSSR count). The molecular formula is C15H19N5O. The van der Waals surface area contributed by atoms with Crippen LogP contribution in [0.3, 0.4) is 0 Å². The van der Waals surface area contributed by atoms with E-state index in [1.165, 1.54) is 12.9 Å². The van der Waals surface area contributed by atoms with Crippen LogP contribution in [0.25, 0.3) is 10.9 Å². The summed E-state index contributed by atoms with van der Waals surface area (Å²) in [4.78, 5) is 13.3. The number of ether oxygens (including phenoxy) is 1. The minimum absolute atomic E-state index is 0.517. The summed E-state index contributed by atoms with van der Waals surface area (Å²) in [6.45, 7) is 3.29. The van der Waals surface area contributed by atoms with Crippen molar-refractivity contribution in [3.8, 4) is 5.75 Å². The monoisotopic (exact) mass is 285 g/mol. The first-order valence-electron chi connectivity index (χ1n) is 7.21. The highest BCUT2D eigenvalue weighted by atomic mass is 16.5. The molecule has 2 aromatic rings. The number of hydrogen-bond acceptors (Lipinski definition) is 6. The molecule has 0 spiro atoms. The first-order valence-corrected chi connectivity index (χ1v) is 7.21. The van der Waals surface area contributed by atoms with Gasteiger partial charge in [0.25, 0.3) is 0 Å². The molecular weight excluding hydrogens is 266 g/mol. The highest BCUT2D eigenvalue weighted by molar-refractivity contribution is 6.02. The molecule has 0 bridgehead atoms. The predicted octanol–water partition coefficient (Wildman–Crippen LogP) is 0.971. The Hall–Kier alpha value is -2.08. The van der Waals surface area contributed by atoms with Crippen molar-refractivity contribution >= 4 is 22.4 Å². The second-order valence-electron chi connectivity index (χ2n) is 5.97. The molecule has 2 atom stereocenters. The van der Waals surface area contributed by atoms with Crippen LogP contribution in [0.5, 0.6) is 5.75 Å². The number of likely N-dealkylation sites (N-methyl/N-ethyl adjacent to an activating group) is 1. The van der Waals surface area contributed by atoms with E-state index in [0.717, 1.165) is 41.3 Å². The van der Waals surface area contributed by atoms with Crippen LogP contribution < -0.4 is 15.4 Å². The Morgan fingerprint density at radius 2 is 2.10 bits per heavy atom. The maximum atomic E-state index is 6.12. The van der Waals surface area contributed by atoms with Crippen molar-refractivity contribution in [2.45, 2.75) is 6.04 Å². The van der Waals surface area contributed by atoms with Crippen LogP contribution in [-0.4, -0.2) is 54.7 Å². The van der Waals surface area contributed by atoms with E-state index in [2.05, 4.69) is 26.8 Å². The van der Waals surface area contributed by atoms with E-state index in [1.54, 1.807) is 7.11 Å². The Morgan fingerprint density at radius 3 is 2.86 bits per heavy atom. The van der Waals surface area contributed by atoms with Crippen LogP contribution in [-0.2, 0) is 0 Å². The Kier molecular flexibility index (Phi) is 2.68. The van der Waals surface area contributed by atoms with Crippen molar-refractivity contribution in [2.75, 3.05) is 44.4 Å². The topological polar surface area (TPSA) is 67.5 Å². The third kappa shape index (κ3) is 1.75. The molecule has 2 saturated heterocycles. The fourth-order valence-corrected chi connectivity index (χ4v) is 3.69. The quantitative estimate of drug-likeness (QED) is 0.887. The van der Waals surface area contributed by atoms with Crippen molar-refractivity contribution in [2.24, 2.45) is 5.92 Å². The van der Waals surface area contributed by atoms with E-state index < -0.39 is 0 Å². The number of aromatic nitrogens is 2. The molecule has 110 valence electrons. The smallest absolute Gasteiger partial charge is 0.143 e. The number of likely N-dealkylation sites (tertiary alicyclic amines) is 1. The fourth-order valence-electron chi connectivity index (χ4n) is 3.69. The molecule has 21 heavy (non-hydrogen) atoms. The lowest BCUT2D eigenvalue weighted by molar-refractivity contribution is 0.352. The predicted molar refractivity (Wildman–Crippen MR) is 82.6 cm³/mol. The molecule has 2 aliphatic heterocycles. The summed E-state index contributed by atoms with van der Waals surface area (Å²) in [5, 5.41) is 0.907. The van der Waals surface area contributed by atoms with E-state index in [1.807, 2.05) is 12.1 Å². The Morgan fingerprint density at radius 1 is 1.24 bits per heavy atom. The largest absolute Gasteiger partial charge is 0.495 e. The number of benzene rings is 1. The van der Waals surface area contributed by atoms with E-state index in [4.69, 9.17) is 10.5 Å². The van der Waals surface area contributed by atoms with Crippen molar-refractivity contribution in [3.05, 3.63) is 18.5 Å². The molecule has 6 heteroatoms. The molecule has 1 aromatic carbocycles. The van der Waals surface area contributed by atoms with Crippen molar-refractivity contribution < 1.29 is 4.74 Å². The zero-order valence-corrected chi connectivity index (χ0v) is 12.3. The van der Waals surface area contributed by atoms with Gasteiger partial charge in [-0.1, -0.05) is 0 Å². The van der Waals surface area contributed by atoms with Crippen LogP contribution in [0.1, 0.15) is 0 Å². The van der Waals surface area contributed by atoms with Crippen molar-refractivity contribution in [1.29, 1.82) is 0 Å². The second kappa shape index (κ2) is 4.46. The standard InChI is InChI=1S/C15H19N5O/c1-19-5-9-6-20(11(9)7-19)14-12(21-2)4-3-10-13(14)15(16)18-8-17-10/h3-4,8-9,11H,5-7H2,1-2H3,(H2,16,17,18). The van der Waals surface area contributed by atoms with E-state index in [0.29, 0.717) is 11.9 Å². The maximum Gasteiger partial charge on any atom is 0.143 e. The van der Waals surface area contributed by atoms with Gasteiger partial charge >= 0.3 is 0 Å². The summed E-state index contributed by atoms with van der Waals surface area (Å²) >= 11 is 0. The zero-order valence-electron chi connectivity index (χ0n) is 12.3. The molecule has 2 unspecified atom stereocenters. The van der Waals surface area contributed by atoms with Gasteiger partial charge in [0.1, 0.15) is 17.9 Å². The van der Waals surface area contributed by atoms with Gasteiger partial charge < -0.3 is 20.3 Å². The Labute approximate surface area is 123 Å². The third-order valence-electron chi connectivity index (χ3n) is 4.70. The van der Waals surface area contributed by atoms with Crippen molar-refractivity contribution in [3.63, 3.8) is 0 Å². The summed E-state index contributed by atoms with van der Waals surface area (Å²) in [7, 11) is 3.87. The summed E-state index contributed by atoms with van der Waals surface area (Å²) < 4.78 is 5.57. The summed E-state index contributed by atoms with van der Waals surface area (Å²) in [5.41, 5.74) is 8.03. The minimum Gasteiger partial charge on any atom is -0.495 e. The number of fused-ring (bicyclic) bond motifs is 2. The first kappa shape index (κ1) is 12.6. The highest BCUT2D eigenvalue weighted by Gasteiger charge is 2.46. The Balaban J connectivity index is 1.87. The molecule has 6 nitrogen and oxygen atoms in total. The van der Waals surface area contributed by atoms with E-state index >= 15 is 0 Å². The number of methoxy groups -OCH3 is 1. The highest BCUT2D eigenvalue weighted by Crippen LogP contribution is 2.45. The van der Waals surface area contributed by atoms with Gasteiger partial charge in [0, 0.05) is 31.6 Å². The normalized spacial score (nSPS) is 25.0. The van der Waals surface area contributed by atoms with Gasteiger partial charge in [-0.3, -0.25) is 0 Å². The van der Waals surface area contributed by atoms with Gasteiger partial charge in [0.2, 0.25) is 0 Å². The summed E-state index contributed by atoms with van der Waals surface area (Å²) in [6, 6.07) is 4.44. The number of nitrogen functional groups attached to an aromatic ring is 1. The molecule has 0 radical (unpaired) electrons. The molecule has 0 amide bonds. The maximum absolute atomic E-state index is 6.12. The van der Waals surface area contributed by atoms with Crippen LogP contribution in [0.4, 0.5) is 11.5 Å². The van der Waals surface area contributed by atoms with Crippen molar-refractivity contribution in [1.82, 2.24) is 14.9 Å². The van der Waals surface area contributed by atoms with Crippen LogP contribution in [0.2, 0.25) is 0 Å². The Bertz CT molecular complexity index is 704. The average Bonchev–Trinajstić information content (AvgIpc) is 2.76. The van der Waals surface area contributed by atoms with Gasteiger partial charge in [-0.2, -0.15) is 0 Å². The molecule has 1 aromatic heterocycles. The first-order chi connectivity index (χ1) is 10.2. The van der Waals surface area contributed by atoms with Gasteiger partial charge in [-0.25, -0.2) is 9.97 Å². The molecule has 0 saturated carbocycles. The number of nitrogens with zero attached hydrogens (tertiary/aromatic N) is 4. The second-order valence-corrected chi connectivity index (χ2v) is 5.97. The third-order valence-corrected chi connectivity index (χ3v) is 4.70. The number of rotatable bonds is 2. The van der Waals surface area contributed by atoms with Gasteiger partial charge in [0.15, 0.2) is 0 Å². The average molecular weight is 285 g/mol. The fraction of sp³-hybridized carbons (Fsp3) is 0.467.